The molecule has 0 saturated carbocycles. The van der Waals surface area contributed by atoms with Crippen LogP contribution < -0.4 is 4.90 Å². The number of nitrogens with zero attached hydrogens (tertiary/aromatic N) is 6. The Morgan fingerprint density at radius 2 is 1.76 bits per heavy atom. The first-order chi connectivity index (χ1) is 25.8. The highest BCUT2D eigenvalue weighted by atomic mass is 35.5. The van der Waals surface area contributed by atoms with E-state index in [1.165, 1.54) is 47.0 Å². The first kappa shape index (κ1) is 30.5. The Hall–Kier alpha value is -5.34. The van der Waals surface area contributed by atoms with Gasteiger partial charge in [0, 0.05) is 89.8 Å². The number of ether oxygens (including phenoxy) is 1. The minimum absolute atomic E-state index is 0.0235. The lowest BCUT2D eigenvalue weighted by Crippen LogP contribution is -2.52. The van der Waals surface area contributed by atoms with Crippen molar-refractivity contribution in [2.45, 2.75) is 25.9 Å². The molecule has 260 valence electrons. The van der Waals surface area contributed by atoms with Crippen LogP contribution in [0.25, 0.3) is 11.3 Å². The highest BCUT2D eigenvalue weighted by molar-refractivity contribution is 6.31. The topological polar surface area (TPSA) is 107 Å². The van der Waals surface area contributed by atoms with Gasteiger partial charge in [0.25, 0.3) is 11.8 Å². The first-order valence-electron chi connectivity index (χ1n) is 18.2. The molecule has 0 aliphatic carbocycles. The number of fused-ring (bicyclic) bond motifs is 1. The lowest BCUT2D eigenvalue weighted by molar-refractivity contribution is 0.0193. The van der Waals surface area contributed by atoms with Gasteiger partial charge in [-0.1, -0.05) is 35.9 Å². The highest BCUT2D eigenvalue weighted by Gasteiger charge is 2.34. The second kappa shape index (κ2) is 14.1. The molecule has 7 rings (SSSR count). The van der Waals surface area contributed by atoms with E-state index in [2.05, 4.69) is 17.0 Å². The van der Waals surface area contributed by atoms with E-state index >= 15 is 0 Å². The van der Waals surface area contributed by atoms with Gasteiger partial charge in [-0.2, -0.15) is 5.26 Å². The smallest absolute Gasteiger partial charge is 0.264 e. The van der Waals surface area contributed by atoms with Gasteiger partial charge in [-0.05, 0) is 79.1 Å². The fraction of sp³-hybridized carbons (Fsp3) is 0.275. The zero-order chi connectivity index (χ0) is 38.3. The largest absolute Gasteiger partial charge is 0.508 e. The van der Waals surface area contributed by atoms with E-state index in [1.54, 1.807) is 38.2 Å². The van der Waals surface area contributed by atoms with Crippen molar-refractivity contribution in [2.24, 2.45) is 14.0 Å². The molecule has 5 aromatic rings. The van der Waals surface area contributed by atoms with Crippen molar-refractivity contribution in [1.29, 1.82) is 5.26 Å². The number of phenols is 1. The molecule has 1 atom stereocenters. The van der Waals surface area contributed by atoms with Crippen LogP contribution in [0.4, 0.5) is 11.4 Å². The summed E-state index contributed by atoms with van der Waals surface area (Å²) < 4.78 is 32.1. The number of rotatable bonds is 7. The normalized spacial score (nSPS) is 17.2. The molecule has 11 heteroatoms. The number of hydrogen-bond donors (Lipinski definition) is 1. The minimum Gasteiger partial charge on any atom is -0.508 e. The van der Waals surface area contributed by atoms with Crippen LogP contribution in [-0.4, -0.2) is 74.7 Å². The summed E-state index contributed by atoms with van der Waals surface area (Å²) in [6, 6.07) is 24.1. The molecule has 2 aliphatic rings. The van der Waals surface area contributed by atoms with Gasteiger partial charge in [0.2, 0.25) is 0 Å². The molecule has 51 heavy (non-hydrogen) atoms. The van der Waals surface area contributed by atoms with Crippen molar-refractivity contribution in [2.75, 3.05) is 37.7 Å². The Morgan fingerprint density at radius 3 is 2.47 bits per heavy atom. The maximum atomic E-state index is 14.8. The number of aromatic nitrogens is 2. The van der Waals surface area contributed by atoms with E-state index < -0.39 is 12.9 Å². The molecule has 2 amide bonds. The Kier molecular flexibility index (Phi) is 8.44. The first-order valence-corrected chi connectivity index (χ1v) is 17.1. The second-order valence-electron chi connectivity index (χ2n) is 13.0. The summed E-state index contributed by atoms with van der Waals surface area (Å²) in [5.41, 5.74) is 5.08. The third-order valence-electron chi connectivity index (χ3n) is 9.93. The standard InChI is InChI=1S/C40H39ClN6O4/c1-26-36(40(50)47(30-9-11-34(48)12-10-30)33-20-31(22-42)43(2)24-33)21-38(44(26)3)37-19-29(41)8-13-35(37)39(49)46-23-28-7-5-4-6-27(28)18-32(46)25-45-14-16-51-17-15-45/h4-13,19-21,24,32,48H,14-18,23,25H2,1-3H3/t32-/m0/s1/i2D3. The average Bonchev–Trinajstić information content (AvgIpc) is 3.73. The Labute approximate surface area is 306 Å². The maximum absolute atomic E-state index is 14.8. The molecule has 0 bridgehead atoms. The quantitative estimate of drug-likeness (QED) is 0.209. The minimum atomic E-state index is -2.67. The summed E-state index contributed by atoms with van der Waals surface area (Å²) in [6.07, 6.45) is 1.96. The summed E-state index contributed by atoms with van der Waals surface area (Å²) in [4.78, 5) is 35.1. The van der Waals surface area contributed by atoms with Gasteiger partial charge < -0.3 is 23.9 Å². The molecule has 4 heterocycles. The van der Waals surface area contributed by atoms with Crippen molar-refractivity contribution in [3.05, 3.63) is 124 Å². The number of morpholine rings is 1. The van der Waals surface area contributed by atoms with Gasteiger partial charge >= 0.3 is 0 Å². The number of nitriles is 1. The predicted octanol–water partition coefficient (Wildman–Crippen LogP) is 6.45. The summed E-state index contributed by atoms with van der Waals surface area (Å²) >= 11 is 6.61. The molecular weight excluding hydrogens is 664 g/mol. The van der Waals surface area contributed by atoms with E-state index in [-0.39, 0.29) is 34.6 Å². The molecule has 0 spiro atoms. The Bertz CT molecular complexity index is 2270. The molecule has 0 unspecified atom stereocenters. The molecular formula is C40H39ClN6O4. The molecule has 1 fully saturated rings. The van der Waals surface area contributed by atoms with Crippen molar-refractivity contribution >= 4 is 34.8 Å². The van der Waals surface area contributed by atoms with E-state index in [9.17, 15) is 20.0 Å². The number of benzene rings is 3. The Morgan fingerprint density at radius 1 is 1.02 bits per heavy atom. The van der Waals surface area contributed by atoms with Crippen LogP contribution in [0.15, 0.2) is 85.1 Å². The zero-order valence-corrected chi connectivity index (χ0v) is 29.1. The van der Waals surface area contributed by atoms with Gasteiger partial charge in [0.1, 0.15) is 17.5 Å². The van der Waals surface area contributed by atoms with Crippen LogP contribution >= 0.6 is 11.6 Å². The van der Waals surface area contributed by atoms with Crippen molar-refractivity contribution in [3.63, 3.8) is 0 Å². The molecule has 3 aromatic carbocycles. The molecule has 2 aliphatic heterocycles. The number of aryl methyl sites for hydroxylation is 1. The lowest BCUT2D eigenvalue weighted by atomic mass is 9.92. The highest BCUT2D eigenvalue weighted by Crippen LogP contribution is 2.36. The van der Waals surface area contributed by atoms with Gasteiger partial charge in [-0.15, -0.1) is 0 Å². The van der Waals surface area contributed by atoms with Crippen molar-refractivity contribution in [1.82, 2.24) is 18.9 Å². The number of carbonyl (C=O) groups is 2. The number of halogens is 1. The number of carbonyl (C=O) groups excluding carboxylic acids is 2. The Balaban J connectivity index is 1.29. The van der Waals surface area contributed by atoms with Crippen LogP contribution in [0, 0.1) is 18.3 Å². The van der Waals surface area contributed by atoms with Crippen molar-refractivity contribution in [3.8, 4) is 23.1 Å². The van der Waals surface area contributed by atoms with Gasteiger partial charge in [-0.3, -0.25) is 19.4 Å². The molecule has 1 N–H and O–H groups in total. The van der Waals surface area contributed by atoms with E-state index in [1.807, 2.05) is 27.7 Å². The van der Waals surface area contributed by atoms with Crippen LogP contribution in [0.1, 0.15) is 47.3 Å². The summed E-state index contributed by atoms with van der Waals surface area (Å²) in [5, 5.41) is 20.2. The van der Waals surface area contributed by atoms with Crippen LogP contribution in [0.3, 0.4) is 0 Å². The van der Waals surface area contributed by atoms with E-state index in [0.717, 1.165) is 23.2 Å². The molecule has 10 nitrogen and oxygen atoms in total. The predicted molar refractivity (Wildman–Crippen MR) is 196 cm³/mol. The number of phenolic OH excluding ortho intramolecular Hbond substituents is 1. The number of aromatic hydroxyl groups is 1. The molecule has 1 saturated heterocycles. The lowest BCUT2D eigenvalue weighted by Gasteiger charge is -2.40. The van der Waals surface area contributed by atoms with E-state index in [0.29, 0.717) is 65.9 Å². The van der Waals surface area contributed by atoms with E-state index in [4.69, 9.17) is 20.5 Å². The molecule has 0 radical (unpaired) electrons. The fourth-order valence-corrected chi connectivity index (χ4v) is 7.25. The van der Waals surface area contributed by atoms with Crippen molar-refractivity contribution < 1.29 is 23.5 Å². The molecule has 2 aromatic heterocycles. The van der Waals surface area contributed by atoms with Crippen LogP contribution in [0.2, 0.25) is 5.02 Å². The number of hydrogen-bond acceptors (Lipinski definition) is 6. The van der Waals surface area contributed by atoms with Gasteiger partial charge in [0.15, 0.2) is 0 Å². The fourth-order valence-electron chi connectivity index (χ4n) is 7.08. The third-order valence-corrected chi connectivity index (χ3v) is 10.2. The summed E-state index contributed by atoms with van der Waals surface area (Å²) in [6.45, 7) is 3.17. The summed E-state index contributed by atoms with van der Waals surface area (Å²) in [7, 11) is 1.80. The second-order valence-corrected chi connectivity index (χ2v) is 13.4. The average molecular weight is 706 g/mol. The van der Waals surface area contributed by atoms with Crippen LogP contribution in [-0.2, 0) is 31.7 Å². The van der Waals surface area contributed by atoms with Gasteiger partial charge in [-0.25, -0.2) is 0 Å². The number of amides is 2. The number of anilines is 2. The zero-order valence-electron chi connectivity index (χ0n) is 31.3. The third kappa shape index (κ3) is 6.64. The maximum Gasteiger partial charge on any atom is 0.264 e. The summed E-state index contributed by atoms with van der Waals surface area (Å²) in [5.74, 6) is -0.688. The SMILES string of the molecule is [2H]C([2H])([2H])n1cc(N(C(=O)c2cc(-c3cc(Cl)ccc3C(=O)N3Cc4ccccc4C[C@H]3CN3CCOCC3)n(C)c2C)c2ccc(O)cc2)cc1C#N. The van der Waals surface area contributed by atoms with Gasteiger partial charge in [0.05, 0.1) is 24.5 Å². The monoisotopic (exact) mass is 705 g/mol. The van der Waals surface area contributed by atoms with Crippen LogP contribution in [0.5, 0.6) is 5.75 Å².